The van der Waals surface area contributed by atoms with Gasteiger partial charge in [0.15, 0.2) is 0 Å². The summed E-state index contributed by atoms with van der Waals surface area (Å²) in [6.45, 7) is 2.30. The normalized spacial score (nSPS) is 11.4. The number of carbonyl (C=O) groups excluding carboxylic acids is 1. The molecule has 0 unspecified atom stereocenters. The molecular weight excluding hydrogens is 486 g/mol. The first-order valence-corrected chi connectivity index (χ1v) is 19.1. The van der Waals surface area contributed by atoms with Crippen molar-refractivity contribution in [3.63, 3.8) is 0 Å². The number of primary amides is 1. The molecule has 0 radical (unpaired) electrons. The lowest BCUT2D eigenvalue weighted by molar-refractivity contribution is -0.118. The number of hydrogen-bond donors (Lipinski definition) is 1. The summed E-state index contributed by atoms with van der Waals surface area (Å²) < 4.78 is 0. The Kier molecular flexibility index (Phi) is 36.0. The van der Waals surface area contributed by atoms with Crippen LogP contribution in [-0.4, -0.2) is 5.91 Å². The molecule has 2 nitrogen and oxygen atoms in total. The molecule has 0 rings (SSSR count). The topological polar surface area (TPSA) is 43.1 Å². The van der Waals surface area contributed by atoms with Crippen molar-refractivity contribution in [1.29, 1.82) is 0 Å². The first kappa shape index (κ1) is 39.5. The van der Waals surface area contributed by atoms with Gasteiger partial charge in [-0.15, -0.1) is 0 Å². The Morgan fingerprint density at radius 3 is 0.600 bits per heavy atom. The molecule has 0 aliphatic heterocycles. The van der Waals surface area contributed by atoms with Gasteiger partial charge in [0.1, 0.15) is 0 Å². The summed E-state index contributed by atoms with van der Waals surface area (Å²) in [5.74, 6) is -0.147. The molecule has 0 saturated carbocycles. The standard InChI is InChI=1S/C38H77NO/c1-2-3-4-5-6-7-8-9-10-11-12-13-14-15-16-17-18-19-20-21-22-23-24-25-26-27-28-29-30-31-32-33-34-35-36-37-38(39)40/h2-37H2,1H3,(H2,39,40). The van der Waals surface area contributed by atoms with Gasteiger partial charge in [-0.1, -0.05) is 225 Å². The van der Waals surface area contributed by atoms with E-state index >= 15 is 0 Å². The third-order valence-corrected chi connectivity index (χ3v) is 9.03. The third-order valence-electron chi connectivity index (χ3n) is 9.03. The molecule has 0 aromatic heterocycles. The SMILES string of the molecule is CCCCCCCCCCCCCCCCCCCCCCCCCCCCCCCCCCCCCC(N)=O. The van der Waals surface area contributed by atoms with Crippen LogP contribution in [0.3, 0.4) is 0 Å². The number of unbranched alkanes of at least 4 members (excludes halogenated alkanes) is 34. The van der Waals surface area contributed by atoms with Crippen LogP contribution in [0, 0.1) is 0 Å². The van der Waals surface area contributed by atoms with Crippen molar-refractivity contribution < 1.29 is 4.79 Å². The van der Waals surface area contributed by atoms with Gasteiger partial charge in [0.2, 0.25) is 5.91 Å². The lowest BCUT2D eigenvalue weighted by Crippen LogP contribution is -2.09. The number of carbonyl (C=O) groups is 1. The maximum Gasteiger partial charge on any atom is 0.217 e. The van der Waals surface area contributed by atoms with Gasteiger partial charge < -0.3 is 5.73 Å². The van der Waals surface area contributed by atoms with E-state index in [1.807, 2.05) is 0 Å². The zero-order chi connectivity index (χ0) is 29.0. The van der Waals surface area contributed by atoms with Gasteiger partial charge in [0.25, 0.3) is 0 Å². The van der Waals surface area contributed by atoms with Gasteiger partial charge in [0.05, 0.1) is 0 Å². The highest BCUT2D eigenvalue weighted by molar-refractivity contribution is 5.73. The molecule has 0 atom stereocenters. The smallest absolute Gasteiger partial charge is 0.217 e. The molecule has 2 heteroatoms. The zero-order valence-corrected chi connectivity index (χ0v) is 27.9. The lowest BCUT2D eigenvalue weighted by atomic mass is 10.0. The summed E-state index contributed by atoms with van der Waals surface area (Å²) in [5, 5.41) is 0. The van der Waals surface area contributed by atoms with Gasteiger partial charge in [-0.25, -0.2) is 0 Å². The number of amides is 1. The van der Waals surface area contributed by atoms with E-state index in [9.17, 15) is 4.79 Å². The van der Waals surface area contributed by atoms with Crippen LogP contribution in [0.1, 0.15) is 238 Å². The molecule has 240 valence electrons. The van der Waals surface area contributed by atoms with E-state index < -0.39 is 0 Å². The molecule has 0 spiro atoms. The summed E-state index contributed by atoms with van der Waals surface area (Å²) in [6.07, 6.45) is 50.6. The molecule has 0 aliphatic carbocycles. The fourth-order valence-corrected chi connectivity index (χ4v) is 6.21. The molecule has 0 bridgehead atoms. The Balaban J connectivity index is 3.03. The van der Waals surface area contributed by atoms with Crippen molar-refractivity contribution in [2.24, 2.45) is 5.73 Å². The van der Waals surface area contributed by atoms with Crippen molar-refractivity contribution in [2.75, 3.05) is 0 Å². The fraction of sp³-hybridized carbons (Fsp3) is 0.974. The Morgan fingerprint density at radius 1 is 0.300 bits per heavy atom. The van der Waals surface area contributed by atoms with Crippen LogP contribution in [0.15, 0.2) is 0 Å². The van der Waals surface area contributed by atoms with E-state index in [4.69, 9.17) is 5.73 Å². The average Bonchev–Trinajstić information content (AvgIpc) is 2.95. The van der Waals surface area contributed by atoms with Gasteiger partial charge in [0, 0.05) is 6.42 Å². The maximum absolute atomic E-state index is 10.7. The number of nitrogens with two attached hydrogens (primary N) is 1. The third kappa shape index (κ3) is 37.5. The minimum Gasteiger partial charge on any atom is -0.370 e. The molecule has 0 aromatic rings. The van der Waals surface area contributed by atoms with Crippen LogP contribution in [0.5, 0.6) is 0 Å². The lowest BCUT2D eigenvalue weighted by Gasteiger charge is -2.05. The molecule has 0 fully saturated rings. The van der Waals surface area contributed by atoms with Crippen LogP contribution in [-0.2, 0) is 4.79 Å². The highest BCUT2D eigenvalue weighted by atomic mass is 16.1. The second kappa shape index (κ2) is 36.5. The first-order valence-electron chi connectivity index (χ1n) is 19.1. The maximum atomic E-state index is 10.7. The minimum absolute atomic E-state index is 0.147. The van der Waals surface area contributed by atoms with Gasteiger partial charge in [-0.2, -0.15) is 0 Å². The Bertz CT molecular complexity index is 462. The summed E-state index contributed by atoms with van der Waals surface area (Å²) in [7, 11) is 0. The van der Waals surface area contributed by atoms with Crippen molar-refractivity contribution in [3.05, 3.63) is 0 Å². The summed E-state index contributed by atoms with van der Waals surface area (Å²) >= 11 is 0. The Labute approximate surface area is 254 Å². The van der Waals surface area contributed by atoms with Crippen molar-refractivity contribution in [1.82, 2.24) is 0 Å². The average molecular weight is 564 g/mol. The number of hydrogen-bond acceptors (Lipinski definition) is 1. The molecule has 40 heavy (non-hydrogen) atoms. The predicted octanol–water partition coefficient (Wildman–Crippen LogP) is 13.5. The van der Waals surface area contributed by atoms with Crippen LogP contribution in [0.2, 0.25) is 0 Å². The van der Waals surface area contributed by atoms with E-state index in [0.717, 1.165) is 6.42 Å². The second-order valence-corrected chi connectivity index (χ2v) is 13.2. The van der Waals surface area contributed by atoms with E-state index in [-0.39, 0.29) is 5.91 Å². The zero-order valence-electron chi connectivity index (χ0n) is 27.9. The molecular formula is C38H77NO. The predicted molar refractivity (Wildman–Crippen MR) is 181 cm³/mol. The second-order valence-electron chi connectivity index (χ2n) is 13.2. The van der Waals surface area contributed by atoms with Crippen LogP contribution >= 0.6 is 0 Å². The minimum atomic E-state index is -0.147. The van der Waals surface area contributed by atoms with E-state index in [0.29, 0.717) is 6.42 Å². The van der Waals surface area contributed by atoms with Gasteiger partial charge in [-0.05, 0) is 6.42 Å². The van der Waals surface area contributed by atoms with E-state index in [2.05, 4.69) is 6.92 Å². The molecule has 0 heterocycles. The molecule has 0 saturated heterocycles. The first-order chi connectivity index (χ1) is 19.8. The molecule has 0 aliphatic rings. The van der Waals surface area contributed by atoms with Crippen LogP contribution in [0.4, 0.5) is 0 Å². The van der Waals surface area contributed by atoms with Crippen LogP contribution < -0.4 is 5.73 Å². The van der Waals surface area contributed by atoms with Crippen LogP contribution in [0.25, 0.3) is 0 Å². The van der Waals surface area contributed by atoms with Crippen molar-refractivity contribution in [2.45, 2.75) is 238 Å². The summed E-state index contributed by atoms with van der Waals surface area (Å²) in [6, 6.07) is 0. The van der Waals surface area contributed by atoms with Crippen molar-refractivity contribution in [3.8, 4) is 0 Å². The Hall–Kier alpha value is -0.530. The molecule has 2 N–H and O–H groups in total. The quantitative estimate of drug-likeness (QED) is 0.0757. The molecule has 0 aromatic carbocycles. The van der Waals surface area contributed by atoms with E-state index in [1.165, 1.54) is 218 Å². The van der Waals surface area contributed by atoms with E-state index in [1.54, 1.807) is 0 Å². The van der Waals surface area contributed by atoms with Crippen molar-refractivity contribution >= 4 is 5.91 Å². The molecule has 1 amide bonds. The summed E-state index contributed by atoms with van der Waals surface area (Å²) in [4.78, 5) is 10.7. The largest absolute Gasteiger partial charge is 0.370 e. The monoisotopic (exact) mass is 564 g/mol. The highest BCUT2D eigenvalue weighted by Crippen LogP contribution is 2.17. The van der Waals surface area contributed by atoms with Gasteiger partial charge in [-0.3, -0.25) is 4.79 Å². The Morgan fingerprint density at radius 2 is 0.450 bits per heavy atom. The number of rotatable bonds is 36. The summed E-state index contributed by atoms with van der Waals surface area (Å²) in [5.41, 5.74) is 5.17. The van der Waals surface area contributed by atoms with Gasteiger partial charge >= 0.3 is 0 Å². The fourth-order valence-electron chi connectivity index (χ4n) is 6.21. The highest BCUT2D eigenvalue weighted by Gasteiger charge is 1.98.